The Balaban J connectivity index is 1.23. The van der Waals surface area contributed by atoms with Crippen molar-refractivity contribution in [3.05, 3.63) is 180 Å². The first-order valence-electron chi connectivity index (χ1n) is 20.6. The molecule has 1 unspecified atom stereocenters. The predicted octanol–water partition coefficient (Wildman–Crippen LogP) is 13.1. The van der Waals surface area contributed by atoms with Gasteiger partial charge in [-0.2, -0.15) is 0 Å². The Morgan fingerprint density at radius 3 is 2.02 bits per heavy atom. The first kappa shape index (κ1) is 24.8. The minimum absolute atomic E-state index is 0.178. The minimum atomic E-state index is -2.55. The summed E-state index contributed by atoms with van der Waals surface area (Å²) in [6.07, 6.45) is 0. The van der Waals surface area contributed by atoms with Gasteiger partial charge in [-0.25, -0.2) is 0 Å². The number of hydrogen-bond acceptors (Lipinski definition) is 1. The Hall–Kier alpha value is -6.32. The molecule has 1 aliphatic rings. The summed E-state index contributed by atoms with van der Waals surface area (Å²) in [5, 5.41) is 3.40. The molecule has 3 nitrogen and oxygen atoms in total. The van der Waals surface area contributed by atoms with Crippen LogP contribution in [0.1, 0.15) is 44.3 Å². The highest BCUT2D eigenvalue weighted by atomic mass is 16.5. The number of fused-ring (bicyclic) bond motifs is 7. The smallest absolute Gasteiger partial charge is 0.139 e. The SMILES string of the molecule is [2H]C([2H])([2H])c1c(-c2cccc(-n3c4ccccc4c4c5ccccc5n(-c5ccccc5)c43)c2)ccc(C)c1-c1cccc2c1Oc1ccccc1C2(C)C([2H])([2H])[2H]. The highest BCUT2D eigenvalue weighted by molar-refractivity contribution is 6.22. The van der Waals surface area contributed by atoms with E-state index < -0.39 is 19.1 Å². The molecule has 1 atom stereocenters. The molecule has 0 amide bonds. The Kier molecular flexibility index (Phi) is 5.40. The topological polar surface area (TPSA) is 19.1 Å². The zero-order chi connectivity index (χ0) is 40.1. The molecule has 10 rings (SSSR count). The van der Waals surface area contributed by atoms with Gasteiger partial charge < -0.3 is 4.74 Å². The van der Waals surface area contributed by atoms with Crippen molar-refractivity contribution < 1.29 is 13.0 Å². The molecule has 0 radical (unpaired) electrons. The fourth-order valence-corrected chi connectivity index (χ4v) is 8.37. The van der Waals surface area contributed by atoms with Crippen LogP contribution < -0.4 is 4.74 Å². The number of ether oxygens (including phenoxy) is 1. The average molecular weight is 677 g/mol. The third-order valence-electron chi connectivity index (χ3n) is 10.8. The summed E-state index contributed by atoms with van der Waals surface area (Å²) in [7, 11) is 0. The average Bonchev–Trinajstić information content (AvgIpc) is 3.73. The number of hydrogen-bond donors (Lipinski definition) is 0. The van der Waals surface area contributed by atoms with Crippen LogP contribution in [-0.4, -0.2) is 9.13 Å². The zero-order valence-electron chi connectivity index (χ0n) is 34.8. The van der Waals surface area contributed by atoms with Gasteiger partial charge in [0.1, 0.15) is 17.1 Å². The molecule has 2 aromatic heterocycles. The number of rotatable bonds is 4. The highest BCUT2D eigenvalue weighted by Gasteiger charge is 2.35. The van der Waals surface area contributed by atoms with Gasteiger partial charge in [-0.1, -0.05) is 129 Å². The fourth-order valence-electron chi connectivity index (χ4n) is 8.37. The van der Waals surface area contributed by atoms with E-state index in [-0.39, 0.29) is 5.56 Å². The lowest BCUT2D eigenvalue weighted by Crippen LogP contribution is -2.24. The quantitative estimate of drug-likeness (QED) is 0.182. The van der Waals surface area contributed by atoms with Gasteiger partial charge in [0.25, 0.3) is 0 Å². The number of aryl methyl sites for hydroxylation is 1. The lowest BCUT2D eigenvalue weighted by atomic mass is 9.74. The number of benzene rings is 7. The molecule has 52 heavy (non-hydrogen) atoms. The monoisotopic (exact) mass is 676 g/mol. The van der Waals surface area contributed by atoms with Crippen molar-refractivity contribution in [2.45, 2.75) is 33.0 Å². The van der Waals surface area contributed by atoms with Crippen molar-refractivity contribution in [3.63, 3.8) is 0 Å². The van der Waals surface area contributed by atoms with Crippen LogP contribution >= 0.6 is 0 Å². The molecule has 3 heteroatoms. The number of para-hydroxylation sites is 5. The van der Waals surface area contributed by atoms with Gasteiger partial charge in [-0.15, -0.1) is 0 Å². The molecule has 0 spiro atoms. The molecule has 0 aliphatic carbocycles. The third-order valence-corrected chi connectivity index (χ3v) is 10.8. The van der Waals surface area contributed by atoms with Crippen molar-refractivity contribution in [2.75, 3.05) is 0 Å². The van der Waals surface area contributed by atoms with Crippen molar-refractivity contribution in [1.29, 1.82) is 0 Å². The molecule has 0 saturated heterocycles. The summed E-state index contributed by atoms with van der Waals surface area (Å²) in [6.45, 7) is -1.36. The Labute approximate surface area is 312 Å². The van der Waals surface area contributed by atoms with Crippen LogP contribution in [0.3, 0.4) is 0 Å². The van der Waals surface area contributed by atoms with E-state index in [2.05, 4.69) is 75.9 Å². The second-order valence-corrected chi connectivity index (χ2v) is 13.9. The summed E-state index contributed by atoms with van der Waals surface area (Å²) >= 11 is 0. The molecule has 0 saturated carbocycles. The van der Waals surface area contributed by atoms with E-state index in [0.29, 0.717) is 39.3 Å². The first-order valence-corrected chi connectivity index (χ1v) is 17.6. The van der Waals surface area contributed by atoms with Gasteiger partial charge in [0.2, 0.25) is 0 Å². The summed E-state index contributed by atoms with van der Waals surface area (Å²) < 4.78 is 64.6. The van der Waals surface area contributed by atoms with Gasteiger partial charge in [-0.05, 0) is 84.1 Å². The van der Waals surface area contributed by atoms with Gasteiger partial charge in [0.05, 0.1) is 11.0 Å². The predicted molar refractivity (Wildman–Crippen MR) is 217 cm³/mol. The van der Waals surface area contributed by atoms with E-state index in [1.165, 1.54) is 0 Å². The molecule has 7 aromatic carbocycles. The minimum Gasteiger partial charge on any atom is -0.456 e. The lowest BCUT2D eigenvalue weighted by Gasteiger charge is -2.35. The van der Waals surface area contributed by atoms with E-state index in [9.17, 15) is 0 Å². The van der Waals surface area contributed by atoms with Crippen LogP contribution in [0.2, 0.25) is 0 Å². The van der Waals surface area contributed by atoms with Crippen LogP contribution in [0.25, 0.3) is 66.5 Å². The van der Waals surface area contributed by atoms with E-state index in [1.54, 1.807) is 31.2 Å². The number of nitrogens with zero attached hydrogens (tertiary/aromatic N) is 2. The molecule has 1 aliphatic heterocycles. The van der Waals surface area contributed by atoms with Crippen LogP contribution in [0, 0.1) is 13.8 Å². The Bertz CT molecular complexity index is 3100. The molecular weight excluding hydrogens is 633 g/mol. The second kappa shape index (κ2) is 11.3. The zero-order valence-corrected chi connectivity index (χ0v) is 28.8. The van der Waals surface area contributed by atoms with E-state index >= 15 is 0 Å². The molecule has 0 N–H and O–H groups in total. The lowest BCUT2D eigenvalue weighted by molar-refractivity contribution is 0.419. The maximum atomic E-state index is 9.07. The molecule has 0 bridgehead atoms. The second-order valence-electron chi connectivity index (χ2n) is 13.9. The van der Waals surface area contributed by atoms with Gasteiger partial charge in [0, 0.05) is 57.9 Å². The standard InChI is InChI=1S/C49H38N2O/c1-31-28-29-36(32(2)45(31)39-22-15-24-41-47(39)52-44-27-13-10-23-40(44)49(41,3)4)33-16-14-19-35(30-33)51-43-26-12-9-21-38(43)46-37-20-8-11-25-42(37)50(48(46)51)34-17-6-5-7-18-34/h5-30H,1-4H3/i2D3,3D3. The van der Waals surface area contributed by atoms with Gasteiger partial charge in [-0.3, -0.25) is 9.13 Å². The summed E-state index contributed by atoms with van der Waals surface area (Å²) in [5.74, 6) is 0.797. The number of aromatic nitrogens is 2. The van der Waals surface area contributed by atoms with Crippen LogP contribution in [0.15, 0.2) is 158 Å². The fraction of sp³-hybridized carbons (Fsp3) is 0.102. The maximum Gasteiger partial charge on any atom is 0.139 e. The third kappa shape index (κ3) is 4.32. The summed E-state index contributed by atoms with van der Waals surface area (Å²) in [6, 6.07) is 51.8. The van der Waals surface area contributed by atoms with Crippen molar-refractivity contribution >= 4 is 32.8 Å². The maximum absolute atomic E-state index is 9.07. The van der Waals surface area contributed by atoms with Crippen molar-refractivity contribution in [1.82, 2.24) is 9.13 Å². The Morgan fingerprint density at radius 2 is 1.25 bits per heavy atom. The molecule has 9 aromatic rings. The van der Waals surface area contributed by atoms with E-state index in [1.807, 2.05) is 73.7 Å². The van der Waals surface area contributed by atoms with Gasteiger partial charge >= 0.3 is 0 Å². The normalized spacial score (nSPS) is 17.3. The Morgan fingerprint density at radius 1 is 0.596 bits per heavy atom. The van der Waals surface area contributed by atoms with Crippen LogP contribution in [0.4, 0.5) is 0 Å². The summed E-state index contributed by atoms with van der Waals surface area (Å²) in [5.41, 5.74) is 7.96. The van der Waals surface area contributed by atoms with Crippen molar-refractivity contribution in [2.24, 2.45) is 0 Å². The largest absolute Gasteiger partial charge is 0.456 e. The summed E-state index contributed by atoms with van der Waals surface area (Å²) in [4.78, 5) is 0. The van der Waals surface area contributed by atoms with Crippen molar-refractivity contribution in [3.8, 4) is 45.1 Å². The molecular formula is C49H38N2O. The van der Waals surface area contributed by atoms with Crippen LogP contribution in [0.5, 0.6) is 11.5 Å². The van der Waals surface area contributed by atoms with Gasteiger partial charge in [0.15, 0.2) is 0 Å². The molecule has 0 fully saturated rings. The molecule has 250 valence electrons. The van der Waals surface area contributed by atoms with E-state index in [0.717, 1.165) is 55.3 Å². The first-order chi connectivity index (χ1) is 27.9. The van der Waals surface area contributed by atoms with E-state index in [4.69, 9.17) is 13.0 Å². The van der Waals surface area contributed by atoms with Crippen LogP contribution in [-0.2, 0) is 5.41 Å². The molecule has 3 heterocycles. The highest BCUT2D eigenvalue weighted by Crippen LogP contribution is 2.52.